The molecule has 1 aliphatic rings. The summed E-state index contributed by atoms with van der Waals surface area (Å²) in [6.07, 6.45) is 1.53. The first-order valence-corrected chi connectivity index (χ1v) is 8.58. The van der Waals surface area contributed by atoms with Crippen molar-refractivity contribution in [3.8, 4) is 0 Å². The lowest BCUT2D eigenvalue weighted by Gasteiger charge is -2.16. The van der Waals surface area contributed by atoms with Crippen molar-refractivity contribution in [1.82, 2.24) is 4.90 Å². The number of thioether (sulfide) groups is 1. The third-order valence-corrected chi connectivity index (χ3v) is 4.75. The van der Waals surface area contributed by atoms with Gasteiger partial charge < -0.3 is 5.32 Å². The van der Waals surface area contributed by atoms with Crippen molar-refractivity contribution in [2.75, 3.05) is 12.0 Å². The van der Waals surface area contributed by atoms with Crippen molar-refractivity contribution < 1.29 is 14.0 Å². The monoisotopic (exact) mass is 356 g/mol. The summed E-state index contributed by atoms with van der Waals surface area (Å²) in [4.78, 5) is 26.0. The fourth-order valence-electron chi connectivity index (χ4n) is 2.47. The van der Waals surface area contributed by atoms with Crippen LogP contribution >= 0.6 is 11.8 Å². The molecule has 4 nitrogen and oxygen atoms in total. The predicted octanol–water partition coefficient (Wildman–Crippen LogP) is 4.55. The molecule has 1 heterocycles. The number of rotatable bonds is 4. The van der Waals surface area contributed by atoms with Gasteiger partial charge >= 0.3 is 0 Å². The summed E-state index contributed by atoms with van der Waals surface area (Å²) in [5.74, 6) is -0.762. The van der Waals surface area contributed by atoms with E-state index in [0.29, 0.717) is 10.5 Å². The standard InChI is InChI=1S/C19H17FN2O2S/c1-12-6-7-13(2)16(8-12)21-11-22-18(23)17(25-19(22)24)10-14-4-3-5-15(20)9-14/h3-10,21H,11H2,1-2H3/b17-10+. The lowest BCUT2D eigenvalue weighted by atomic mass is 10.1. The van der Waals surface area contributed by atoms with Gasteiger partial charge in [0.05, 0.1) is 11.6 Å². The second-order valence-corrected chi connectivity index (χ2v) is 6.81. The Hall–Kier alpha value is -2.60. The Bertz CT molecular complexity index is 879. The number of amides is 2. The van der Waals surface area contributed by atoms with E-state index in [-0.39, 0.29) is 23.6 Å². The van der Waals surface area contributed by atoms with Crippen molar-refractivity contribution in [1.29, 1.82) is 0 Å². The summed E-state index contributed by atoms with van der Waals surface area (Å²) in [7, 11) is 0. The number of nitrogens with zero attached hydrogens (tertiary/aromatic N) is 1. The molecular weight excluding hydrogens is 339 g/mol. The highest BCUT2D eigenvalue weighted by Gasteiger charge is 2.34. The maximum Gasteiger partial charge on any atom is 0.295 e. The van der Waals surface area contributed by atoms with E-state index in [1.807, 2.05) is 32.0 Å². The van der Waals surface area contributed by atoms with E-state index in [1.165, 1.54) is 18.2 Å². The molecule has 6 heteroatoms. The molecule has 0 aromatic heterocycles. The third kappa shape index (κ3) is 3.91. The van der Waals surface area contributed by atoms with Gasteiger partial charge in [-0.2, -0.15) is 0 Å². The Kier molecular flexibility index (Phi) is 4.90. The average Bonchev–Trinajstić information content (AvgIpc) is 2.82. The lowest BCUT2D eigenvalue weighted by molar-refractivity contribution is -0.122. The van der Waals surface area contributed by atoms with E-state index >= 15 is 0 Å². The largest absolute Gasteiger partial charge is 0.367 e. The Morgan fingerprint density at radius 1 is 1.16 bits per heavy atom. The normalized spacial score (nSPS) is 16.0. The summed E-state index contributed by atoms with van der Waals surface area (Å²) in [5.41, 5.74) is 3.56. The van der Waals surface area contributed by atoms with Gasteiger partial charge in [0.2, 0.25) is 0 Å². The zero-order valence-electron chi connectivity index (χ0n) is 13.9. The fraction of sp³-hybridized carbons (Fsp3) is 0.158. The van der Waals surface area contributed by atoms with Crippen LogP contribution in [0.4, 0.5) is 14.9 Å². The second kappa shape index (κ2) is 7.11. The first-order valence-electron chi connectivity index (χ1n) is 7.76. The molecule has 2 aromatic carbocycles. The van der Waals surface area contributed by atoms with E-state index in [9.17, 15) is 14.0 Å². The highest BCUT2D eigenvalue weighted by atomic mass is 32.2. The molecule has 0 saturated carbocycles. The Balaban J connectivity index is 1.74. The maximum atomic E-state index is 13.3. The Morgan fingerprint density at radius 3 is 2.72 bits per heavy atom. The summed E-state index contributed by atoms with van der Waals surface area (Å²) < 4.78 is 13.3. The number of halogens is 1. The number of aryl methyl sites for hydroxylation is 2. The van der Waals surface area contributed by atoms with Gasteiger partial charge in [0, 0.05) is 5.69 Å². The number of benzene rings is 2. The minimum atomic E-state index is -0.385. The average molecular weight is 356 g/mol. The molecule has 1 N–H and O–H groups in total. The van der Waals surface area contributed by atoms with Crippen molar-refractivity contribution in [2.45, 2.75) is 13.8 Å². The molecule has 1 fully saturated rings. The molecule has 128 valence electrons. The first kappa shape index (κ1) is 17.2. The van der Waals surface area contributed by atoms with Gasteiger partial charge in [0.25, 0.3) is 11.1 Å². The maximum absolute atomic E-state index is 13.3. The molecule has 1 saturated heterocycles. The zero-order chi connectivity index (χ0) is 18.0. The summed E-state index contributed by atoms with van der Waals surface area (Å²) in [5, 5.41) is 2.79. The molecule has 0 unspecified atom stereocenters. The van der Waals surface area contributed by atoms with Gasteiger partial charge in [-0.15, -0.1) is 0 Å². The molecule has 0 aliphatic carbocycles. The number of carbonyl (C=O) groups is 2. The van der Waals surface area contributed by atoms with Crippen LogP contribution in [0.2, 0.25) is 0 Å². The van der Waals surface area contributed by atoms with Crippen LogP contribution in [0.25, 0.3) is 6.08 Å². The van der Waals surface area contributed by atoms with E-state index in [1.54, 1.807) is 12.1 Å². The van der Waals surface area contributed by atoms with Gasteiger partial charge in [-0.25, -0.2) is 4.39 Å². The summed E-state index contributed by atoms with van der Waals surface area (Å²) >= 11 is 0.861. The molecular formula is C19H17FN2O2S. The van der Waals surface area contributed by atoms with E-state index in [4.69, 9.17) is 0 Å². The van der Waals surface area contributed by atoms with Crippen LogP contribution in [0, 0.1) is 19.7 Å². The SMILES string of the molecule is Cc1ccc(C)c(NCN2C(=O)S/C(=C/c3cccc(F)c3)C2=O)c1. The van der Waals surface area contributed by atoms with Crippen molar-refractivity contribution in [3.05, 3.63) is 69.9 Å². The molecule has 2 amide bonds. The Labute approximate surface area is 149 Å². The van der Waals surface area contributed by atoms with Crippen LogP contribution in [-0.4, -0.2) is 22.7 Å². The van der Waals surface area contributed by atoms with Gasteiger partial charge in [0.15, 0.2) is 0 Å². The summed E-state index contributed by atoms with van der Waals surface area (Å²) in [6, 6.07) is 11.9. The Morgan fingerprint density at radius 2 is 1.96 bits per heavy atom. The van der Waals surface area contributed by atoms with Gasteiger partial charge in [-0.1, -0.05) is 24.3 Å². The van der Waals surface area contributed by atoms with Gasteiger partial charge in [-0.3, -0.25) is 14.5 Å². The van der Waals surface area contributed by atoms with Crippen molar-refractivity contribution in [3.63, 3.8) is 0 Å². The minimum absolute atomic E-state index is 0.0927. The molecule has 25 heavy (non-hydrogen) atoms. The zero-order valence-corrected chi connectivity index (χ0v) is 14.7. The first-order chi connectivity index (χ1) is 11.9. The predicted molar refractivity (Wildman–Crippen MR) is 98.6 cm³/mol. The van der Waals surface area contributed by atoms with E-state index < -0.39 is 0 Å². The number of hydrogen-bond donors (Lipinski definition) is 1. The second-order valence-electron chi connectivity index (χ2n) is 5.82. The minimum Gasteiger partial charge on any atom is -0.367 e. The van der Waals surface area contributed by atoms with Crippen LogP contribution in [0.3, 0.4) is 0 Å². The molecule has 0 spiro atoms. The van der Waals surface area contributed by atoms with E-state index in [2.05, 4.69) is 5.32 Å². The van der Waals surface area contributed by atoms with E-state index in [0.717, 1.165) is 33.5 Å². The van der Waals surface area contributed by atoms with Crippen LogP contribution in [0.1, 0.15) is 16.7 Å². The highest BCUT2D eigenvalue weighted by molar-refractivity contribution is 8.18. The van der Waals surface area contributed by atoms with Gasteiger partial charge in [0.1, 0.15) is 5.82 Å². The van der Waals surface area contributed by atoms with Crippen LogP contribution < -0.4 is 5.32 Å². The molecule has 0 bridgehead atoms. The highest BCUT2D eigenvalue weighted by Crippen LogP contribution is 2.32. The molecule has 2 aromatic rings. The lowest BCUT2D eigenvalue weighted by Crippen LogP contribution is -2.33. The van der Waals surface area contributed by atoms with Crippen LogP contribution in [0.15, 0.2) is 47.4 Å². The fourth-order valence-corrected chi connectivity index (χ4v) is 3.31. The topological polar surface area (TPSA) is 49.4 Å². The van der Waals surface area contributed by atoms with Crippen LogP contribution in [-0.2, 0) is 4.79 Å². The van der Waals surface area contributed by atoms with Crippen molar-refractivity contribution >= 4 is 34.7 Å². The number of nitrogens with one attached hydrogen (secondary N) is 1. The third-order valence-electron chi connectivity index (χ3n) is 3.84. The number of hydrogen-bond acceptors (Lipinski definition) is 4. The summed E-state index contributed by atoms with van der Waals surface area (Å²) in [6.45, 7) is 4.03. The number of anilines is 1. The quantitative estimate of drug-likeness (QED) is 0.817. The van der Waals surface area contributed by atoms with Crippen molar-refractivity contribution in [2.24, 2.45) is 0 Å². The molecule has 0 atom stereocenters. The van der Waals surface area contributed by atoms with Gasteiger partial charge in [-0.05, 0) is 66.6 Å². The molecule has 0 radical (unpaired) electrons. The number of imide groups is 1. The molecule has 1 aliphatic heterocycles. The smallest absolute Gasteiger partial charge is 0.295 e. The molecule has 3 rings (SSSR count). The number of carbonyl (C=O) groups excluding carboxylic acids is 2. The van der Waals surface area contributed by atoms with Crippen LogP contribution in [0.5, 0.6) is 0 Å².